The summed E-state index contributed by atoms with van der Waals surface area (Å²) in [4.78, 5) is 5.03. The van der Waals surface area contributed by atoms with Gasteiger partial charge in [-0.1, -0.05) is 0 Å². The Labute approximate surface area is 129 Å². The summed E-state index contributed by atoms with van der Waals surface area (Å²) in [5, 5.41) is 0. The Bertz CT molecular complexity index is 535. The number of piperidine rings is 1. The monoisotopic (exact) mass is 342 g/mol. The van der Waals surface area contributed by atoms with E-state index in [9.17, 15) is 26.3 Å². The summed E-state index contributed by atoms with van der Waals surface area (Å²) >= 11 is 0. The van der Waals surface area contributed by atoms with Crippen molar-refractivity contribution in [2.24, 2.45) is 0 Å². The third kappa shape index (κ3) is 4.98. The smallest absolute Gasteiger partial charge is 0.372 e. The van der Waals surface area contributed by atoms with Crippen molar-refractivity contribution < 1.29 is 31.1 Å². The van der Waals surface area contributed by atoms with E-state index in [1.165, 1.54) is 4.90 Å². The molecule has 1 aliphatic rings. The summed E-state index contributed by atoms with van der Waals surface area (Å²) in [6.45, 7) is 0.610. The minimum atomic E-state index is -4.65. The molecular weight excluding hydrogens is 326 g/mol. The number of halogens is 6. The summed E-state index contributed by atoms with van der Waals surface area (Å²) < 4.78 is 81.8. The first-order chi connectivity index (χ1) is 10.6. The zero-order valence-electron chi connectivity index (χ0n) is 12.3. The Morgan fingerprint density at radius 1 is 1.22 bits per heavy atom. The van der Waals surface area contributed by atoms with Gasteiger partial charge in [-0.05, 0) is 18.9 Å². The third-order valence-corrected chi connectivity index (χ3v) is 3.46. The fourth-order valence-corrected chi connectivity index (χ4v) is 2.32. The van der Waals surface area contributed by atoms with Gasteiger partial charge in [-0.15, -0.1) is 0 Å². The highest BCUT2D eigenvalue weighted by atomic mass is 19.4. The van der Waals surface area contributed by atoms with Gasteiger partial charge in [-0.2, -0.15) is 13.2 Å². The number of aromatic nitrogens is 1. The lowest BCUT2D eigenvalue weighted by Gasteiger charge is -2.33. The number of rotatable bonds is 4. The first-order valence-electron chi connectivity index (χ1n) is 7.03. The summed E-state index contributed by atoms with van der Waals surface area (Å²) in [6, 6.07) is 0.405. The van der Waals surface area contributed by atoms with E-state index in [1.54, 1.807) is 0 Å². The number of nitrogens with zero attached hydrogens (tertiary/aromatic N) is 2. The van der Waals surface area contributed by atoms with Gasteiger partial charge < -0.3 is 9.64 Å². The van der Waals surface area contributed by atoms with Gasteiger partial charge in [0.25, 0.3) is 5.92 Å². The number of pyridine rings is 1. The Balaban J connectivity index is 1.95. The van der Waals surface area contributed by atoms with Crippen molar-refractivity contribution in [1.82, 2.24) is 4.98 Å². The highest BCUT2D eigenvalue weighted by molar-refractivity contribution is 5.42. The molecule has 0 aromatic carbocycles. The van der Waals surface area contributed by atoms with E-state index in [2.05, 4.69) is 4.98 Å². The molecule has 0 aliphatic carbocycles. The molecule has 0 radical (unpaired) electrons. The summed E-state index contributed by atoms with van der Waals surface area (Å²) in [5.41, 5.74) is -1.15. The van der Waals surface area contributed by atoms with Crippen LogP contribution in [0.1, 0.15) is 25.3 Å². The van der Waals surface area contributed by atoms with E-state index < -0.39 is 30.1 Å². The minimum absolute atomic E-state index is 0.169. The van der Waals surface area contributed by atoms with Crippen LogP contribution in [-0.2, 0) is 10.9 Å². The molecule has 0 atom stereocenters. The molecule has 2 heterocycles. The van der Waals surface area contributed by atoms with Crippen LogP contribution in [0, 0.1) is 5.82 Å². The fourth-order valence-electron chi connectivity index (χ4n) is 2.32. The standard InChI is InChI=1S/C14H16F6N2O/c1-13(16,17)8-23-10-2-4-22(5-3-10)12-11(15)6-9(7-21-12)14(18,19)20/h6-7,10H,2-5,8H2,1H3. The lowest BCUT2D eigenvalue weighted by molar-refractivity contribution is -0.138. The highest BCUT2D eigenvalue weighted by Gasteiger charge is 2.33. The minimum Gasteiger partial charge on any atom is -0.372 e. The first kappa shape index (κ1) is 17.8. The van der Waals surface area contributed by atoms with Crippen LogP contribution >= 0.6 is 0 Å². The zero-order chi connectivity index (χ0) is 17.3. The molecule has 9 heteroatoms. The van der Waals surface area contributed by atoms with Crippen molar-refractivity contribution in [3.8, 4) is 0 Å². The maximum Gasteiger partial charge on any atom is 0.417 e. The molecule has 23 heavy (non-hydrogen) atoms. The van der Waals surface area contributed by atoms with Gasteiger partial charge in [0.15, 0.2) is 11.6 Å². The first-order valence-corrected chi connectivity index (χ1v) is 7.03. The van der Waals surface area contributed by atoms with Crippen LogP contribution in [0.3, 0.4) is 0 Å². The number of alkyl halides is 5. The molecular formula is C14H16F6N2O. The molecule has 1 aliphatic heterocycles. The lowest BCUT2D eigenvalue weighted by Crippen LogP contribution is -2.39. The SMILES string of the molecule is CC(F)(F)COC1CCN(c2ncc(C(F)(F)F)cc2F)CC1. The van der Waals surface area contributed by atoms with Crippen LogP contribution in [0.4, 0.5) is 32.2 Å². The molecule has 1 saturated heterocycles. The van der Waals surface area contributed by atoms with Crippen molar-refractivity contribution in [3.63, 3.8) is 0 Å². The summed E-state index contributed by atoms with van der Waals surface area (Å²) in [6.07, 6.45) is -3.71. The van der Waals surface area contributed by atoms with Crippen LogP contribution in [0.2, 0.25) is 0 Å². The van der Waals surface area contributed by atoms with Gasteiger partial charge in [-0.3, -0.25) is 0 Å². The number of hydrogen-bond acceptors (Lipinski definition) is 3. The van der Waals surface area contributed by atoms with E-state index >= 15 is 0 Å². The summed E-state index contributed by atoms with van der Waals surface area (Å²) in [7, 11) is 0. The largest absolute Gasteiger partial charge is 0.417 e. The second-order valence-corrected chi connectivity index (χ2v) is 5.59. The quantitative estimate of drug-likeness (QED) is 0.777. The van der Waals surface area contributed by atoms with Crippen LogP contribution in [0.15, 0.2) is 12.3 Å². The predicted octanol–water partition coefficient (Wildman–Crippen LogP) is 3.88. The average molecular weight is 342 g/mol. The van der Waals surface area contributed by atoms with E-state index in [0.29, 0.717) is 25.1 Å². The molecule has 0 spiro atoms. The second kappa shape index (κ2) is 6.54. The van der Waals surface area contributed by atoms with Crippen molar-refractivity contribution in [2.45, 2.75) is 38.0 Å². The predicted molar refractivity (Wildman–Crippen MR) is 71.0 cm³/mol. The normalized spacial score (nSPS) is 17.6. The maximum absolute atomic E-state index is 13.8. The molecule has 1 aromatic heterocycles. The third-order valence-electron chi connectivity index (χ3n) is 3.46. The molecule has 2 rings (SSSR count). The second-order valence-electron chi connectivity index (χ2n) is 5.59. The number of hydrogen-bond donors (Lipinski definition) is 0. The van der Waals surface area contributed by atoms with Crippen LogP contribution in [0.5, 0.6) is 0 Å². The molecule has 3 nitrogen and oxygen atoms in total. The Hall–Kier alpha value is -1.51. The zero-order valence-corrected chi connectivity index (χ0v) is 12.3. The Morgan fingerprint density at radius 2 is 1.83 bits per heavy atom. The van der Waals surface area contributed by atoms with Crippen molar-refractivity contribution in [1.29, 1.82) is 0 Å². The van der Waals surface area contributed by atoms with E-state index in [-0.39, 0.29) is 25.0 Å². The van der Waals surface area contributed by atoms with Gasteiger partial charge in [0, 0.05) is 26.2 Å². The van der Waals surface area contributed by atoms with Gasteiger partial charge in [0.05, 0.1) is 11.7 Å². The Kier molecular flexibility index (Phi) is 5.07. The van der Waals surface area contributed by atoms with Gasteiger partial charge >= 0.3 is 6.18 Å². The van der Waals surface area contributed by atoms with E-state index in [1.807, 2.05) is 0 Å². The fraction of sp³-hybridized carbons (Fsp3) is 0.643. The van der Waals surface area contributed by atoms with Gasteiger partial charge in [0.2, 0.25) is 0 Å². The van der Waals surface area contributed by atoms with Crippen molar-refractivity contribution >= 4 is 5.82 Å². The number of ether oxygens (including phenoxy) is 1. The average Bonchev–Trinajstić information content (AvgIpc) is 2.44. The molecule has 0 saturated carbocycles. The van der Waals surface area contributed by atoms with Crippen LogP contribution < -0.4 is 4.90 Å². The molecule has 1 aromatic rings. The van der Waals surface area contributed by atoms with E-state index in [4.69, 9.17) is 4.74 Å². The molecule has 0 unspecified atom stereocenters. The van der Waals surface area contributed by atoms with Crippen LogP contribution in [-0.4, -0.2) is 36.7 Å². The van der Waals surface area contributed by atoms with Crippen LogP contribution in [0.25, 0.3) is 0 Å². The van der Waals surface area contributed by atoms with Gasteiger partial charge in [-0.25, -0.2) is 18.2 Å². The van der Waals surface area contributed by atoms with Crippen molar-refractivity contribution in [3.05, 3.63) is 23.6 Å². The molecule has 0 amide bonds. The van der Waals surface area contributed by atoms with Crippen molar-refractivity contribution in [2.75, 3.05) is 24.6 Å². The molecule has 130 valence electrons. The van der Waals surface area contributed by atoms with Gasteiger partial charge in [0.1, 0.15) is 6.61 Å². The maximum atomic E-state index is 13.8. The molecule has 0 bridgehead atoms. The number of anilines is 1. The Morgan fingerprint density at radius 3 is 2.30 bits per heavy atom. The highest BCUT2D eigenvalue weighted by Crippen LogP contribution is 2.31. The molecule has 1 fully saturated rings. The van der Waals surface area contributed by atoms with E-state index in [0.717, 1.165) is 6.92 Å². The topological polar surface area (TPSA) is 25.4 Å². The molecule has 0 N–H and O–H groups in total. The summed E-state index contributed by atoms with van der Waals surface area (Å²) in [5.74, 6) is -4.14. The lowest BCUT2D eigenvalue weighted by atomic mass is 10.1.